The fraction of sp³-hybridized carbons (Fsp3) is 0.923. The van der Waals surface area contributed by atoms with E-state index in [0.29, 0.717) is 24.0 Å². The molecule has 0 aromatic heterocycles. The molecule has 0 saturated heterocycles. The largest absolute Gasteiger partial charge is 0.381 e. The lowest BCUT2D eigenvalue weighted by Crippen LogP contribution is -2.28. The van der Waals surface area contributed by atoms with E-state index in [1.54, 1.807) is 7.11 Å². The number of hydrogen-bond donors (Lipinski definition) is 0. The first-order valence-electron chi connectivity index (χ1n) is 6.10. The Morgan fingerprint density at radius 2 is 2.00 bits per heavy atom. The zero-order valence-corrected chi connectivity index (χ0v) is 10.5. The van der Waals surface area contributed by atoms with E-state index in [2.05, 4.69) is 13.8 Å². The van der Waals surface area contributed by atoms with Gasteiger partial charge in [-0.15, -0.1) is 0 Å². The minimum atomic E-state index is 0.0761. The standard InChI is InChI=1S/C13H24O2/c1-9-5-6-12(7-10(9)2)13(14)8-11(3)15-4/h9-12H,5-8H2,1-4H3. The van der Waals surface area contributed by atoms with Crippen LogP contribution in [-0.4, -0.2) is 19.0 Å². The summed E-state index contributed by atoms with van der Waals surface area (Å²) >= 11 is 0. The van der Waals surface area contributed by atoms with E-state index in [0.717, 1.165) is 18.8 Å². The molecule has 0 spiro atoms. The molecule has 15 heavy (non-hydrogen) atoms. The first-order chi connectivity index (χ1) is 7.04. The van der Waals surface area contributed by atoms with Crippen LogP contribution in [-0.2, 0) is 9.53 Å². The Labute approximate surface area is 93.4 Å². The van der Waals surface area contributed by atoms with E-state index in [4.69, 9.17) is 4.74 Å². The number of carbonyl (C=O) groups excluding carboxylic acids is 1. The van der Waals surface area contributed by atoms with Gasteiger partial charge in [0.15, 0.2) is 0 Å². The summed E-state index contributed by atoms with van der Waals surface area (Å²) in [6.07, 6.45) is 4.03. The van der Waals surface area contributed by atoms with Gasteiger partial charge >= 0.3 is 0 Å². The molecule has 1 saturated carbocycles. The molecule has 1 aliphatic rings. The minimum Gasteiger partial charge on any atom is -0.381 e. The highest BCUT2D eigenvalue weighted by Crippen LogP contribution is 2.34. The first-order valence-corrected chi connectivity index (χ1v) is 6.10. The van der Waals surface area contributed by atoms with Gasteiger partial charge in [-0.3, -0.25) is 4.79 Å². The Bertz CT molecular complexity index is 213. The molecule has 4 unspecified atom stereocenters. The van der Waals surface area contributed by atoms with Gasteiger partial charge in [-0.25, -0.2) is 0 Å². The fourth-order valence-corrected chi connectivity index (χ4v) is 2.37. The van der Waals surface area contributed by atoms with Gasteiger partial charge in [-0.2, -0.15) is 0 Å². The van der Waals surface area contributed by atoms with E-state index in [1.807, 2.05) is 6.92 Å². The molecule has 4 atom stereocenters. The van der Waals surface area contributed by atoms with E-state index in [1.165, 1.54) is 6.42 Å². The number of carbonyl (C=O) groups is 1. The Hall–Kier alpha value is -0.370. The molecule has 1 fully saturated rings. The van der Waals surface area contributed by atoms with Crippen molar-refractivity contribution in [3.8, 4) is 0 Å². The van der Waals surface area contributed by atoms with Crippen molar-refractivity contribution in [2.24, 2.45) is 17.8 Å². The van der Waals surface area contributed by atoms with Gasteiger partial charge in [0, 0.05) is 19.4 Å². The second-order valence-corrected chi connectivity index (χ2v) is 5.18. The zero-order valence-electron chi connectivity index (χ0n) is 10.5. The first kappa shape index (κ1) is 12.7. The highest BCUT2D eigenvalue weighted by molar-refractivity contribution is 5.81. The smallest absolute Gasteiger partial charge is 0.138 e. The van der Waals surface area contributed by atoms with Crippen LogP contribution in [0.3, 0.4) is 0 Å². The molecular formula is C13H24O2. The summed E-state index contributed by atoms with van der Waals surface area (Å²) in [6.45, 7) is 6.53. The predicted molar refractivity (Wildman–Crippen MR) is 61.8 cm³/mol. The third kappa shape index (κ3) is 3.60. The molecule has 0 bridgehead atoms. The van der Waals surface area contributed by atoms with Crippen molar-refractivity contribution in [1.82, 2.24) is 0 Å². The molecule has 0 aromatic rings. The third-order valence-corrected chi connectivity index (χ3v) is 3.94. The summed E-state index contributed by atoms with van der Waals surface area (Å²) in [5.74, 6) is 2.19. The molecule has 0 radical (unpaired) electrons. The third-order valence-electron chi connectivity index (χ3n) is 3.94. The normalized spacial score (nSPS) is 33.7. The minimum absolute atomic E-state index is 0.0761. The quantitative estimate of drug-likeness (QED) is 0.716. The predicted octanol–water partition coefficient (Wildman–Crippen LogP) is 3.05. The number of methoxy groups -OCH3 is 1. The molecule has 1 aliphatic carbocycles. The molecule has 88 valence electrons. The van der Waals surface area contributed by atoms with Crippen molar-refractivity contribution in [3.05, 3.63) is 0 Å². The Kier molecular flexibility index (Phi) is 4.78. The number of Topliss-reactive ketones (excluding diaryl/α,β-unsaturated/α-hetero) is 1. The lowest BCUT2D eigenvalue weighted by Gasteiger charge is -2.31. The average molecular weight is 212 g/mol. The van der Waals surface area contributed by atoms with Gasteiger partial charge in [0.2, 0.25) is 0 Å². The van der Waals surface area contributed by atoms with E-state index in [9.17, 15) is 4.79 Å². The Morgan fingerprint density at radius 1 is 1.33 bits per heavy atom. The number of rotatable bonds is 4. The molecule has 0 N–H and O–H groups in total. The van der Waals surface area contributed by atoms with E-state index in [-0.39, 0.29) is 6.10 Å². The topological polar surface area (TPSA) is 26.3 Å². The van der Waals surface area contributed by atoms with Gasteiger partial charge in [-0.1, -0.05) is 13.8 Å². The van der Waals surface area contributed by atoms with Crippen molar-refractivity contribution >= 4 is 5.78 Å². The number of ether oxygens (including phenoxy) is 1. The lowest BCUT2D eigenvalue weighted by molar-refractivity contribution is -0.126. The van der Waals surface area contributed by atoms with E-state index < -0.39 is 0 Å². The van der Waals surface area contributed by atoms with Gasteiger partial charge in [-0.05, 0) is 38.0 Å². The van der Waals surface area contributed by atoms with Crippen LogP contribution in [0.15, 0.2) is 0 Å². The summed E-state index contributed by atoms with van der Waals surface area (Å²) in [5.41, 5.74) is 0. The maximum absolute atomic E-state index is 11.9. The summed E-state index contributed by atoms with van der Waals surface area (Å²) in [6, 6.07) is 0. The van der Waals surface area contributed by atoms with Crippen molar-refractivity contribution in [2.75, 3.05) is 7.11 Å². The average Bonchev–Trinajstić information content (AvgIpc) is 2.21. The van der Waals surface area contributed by atoms with Crippen LogP contribution in [0.2, 0.25) is 0 Å². The molecule has 0 aliphatic heterocycles. The molecule has 0 heterocycles. The maximum atomic E-state index is 11.9. The summed E-state index contributed by atoms with van der Waals surface area (Å²) < 4.78 is 5.14. The van der Waals surface area contributed by atoms with Crippen molar-refractivity contribution in [2.45, 2.75) is 52.6 Å². The Morgan fingerprint density at radius 3 is 2.53 bits per heavy atom. The monoisotopic (exact) mass is 212 g/mol. The van der Waals surface area contributed by atoms with E-state index >= 15 is 0 Å². The zero-order chi connectivity index (χ0) is 11.4. The molecule has 0 aromatic carbocycles. The van der Waals surface area contributed by atoms with Crippen LogP contribution in [0.4, 0.5) is 0 Å². The van der Waals surface area contributed by atoms with Crippen molar-refractivity contribution in [3.63, 3.8) is 0 Å². The lowest BCUT2D eigenvalue weighted by atomic mass is 9.74. The highest BCUT2D eigenvalue weighted by atomic mass is 16.5. The molecule has 2 heteroatoms. The van der Waals surface area contributed by atoms with Crippen LogP contribution in [0, 0.1) is 17.8 Å². The van der Waals surface area contributed by atoms with Crippen LogP contribution in [0.25, 0.3) is 0 Å². The molecule has 0 amide bonds. The van der Waals surface area contributed by atoms with Gasteiger partial charge in [0.05, 0.1) is 6.10 Å². The second-order valence-electron chi connectivity index (χ2n) is 5.18. The fourth-order valence-electron chi connectivity index (χ4n) is 2.37. The second kappa shape index (κ2) is 5.64. The summed E-state index contributed by atoms with van der Waals surface area (Å²) in [7, 11) is 1.67. The van der Waals surface area contributed by atoms with Gasteiger partial charge in [0.1, 0.15) is 5.78 Å². The summed E-state index contributed by atoms with van der Waals surface area (Å²) in [4.78, 5) is 11.9. The molecule has 2 nitrogen and oxygen atoms in total. The summed E-state index contributed by atoms with van der Waals surface area (Å²) in [5, 5.41) is 0. The number of ketones is 1. The highest BCUT2D eigenvalue weighted by Gasteiger charge is 2.29. The SMILES string of the molecule is COC(C)CC(=O)C1CCC(C)C(C)C1. The van der Waals surface area contributed by atoms with Crippen LogP contribution in [0.5, 0.6) is 0 Å². The number of hydrogen-bond acceptors (Lipinski definition) is 2. The van der Waals surface area contributed by atoms with Crippen molar-refractivity contribution in [1.29, 1.82) is 0 Å². The van der Waals surface area contributed by atoms with Crippen LogP contribution in [0.1, 0.15) is 46.5 Å². The van der Waals surface area contributed by atoms with Crippen LogP contribution >= 0.6 is 0 Å². The van der Waals surface area contributed by atoms with Crippen molar-refractivity contribution < 1.29 is 9.53 Å². The molecule has 1 rings (SSSR count). The molecular weight excluding hydrogens is 188 g/mol. The van der Waals surface area contributed by atoms with Gasteiger partial charge < -0.3 is 4.74 Å². The Balaban J connectivity index is 2.40. The maximum Gasteiger partial charge on any atom is 0.138 e. The van der Waals surface area contributed by atoms with Gasteiger partial charge in [0.25, 0.3) is 0 Å². The van der Waals surface area contributed by atoms with Crippen LogP contribution < -0.4 is 0 Å².